The molecule has 1 unspecified atom stereocenters. The van der Waals surface area contributed by atoms with Gasteiger partial charge in [0.25, 0.3) is 0 Å². The van der Waals surface area contributed by atoms with Crippen molar-refractivity contribution in [2.45, 2.75) is 12.5 Å². The van der Waals surface area contributed by atoms with Crippen LogP contribution in [0.15, 0.2) is 42.5 Å². The molecule has 0 aliphatic carbocycles. The lowest BCUT2D eigenvalue weighted by Crippen LogP contribution is -2.33. The highest BCUT2D eigenvalue weighted by Crippen LogP contribution is 2.28. The molecule has 0 saturated carbocycles. The fraction of sp³-hybridized carbons (Fsp3) is 0.333. The largest absolute Gasteiger partial charge is 0.370 e. The van der Waals surface area contributed by atoms with E-state index in [4.69, 9.17) is 0 Å². The summed E-state index contributed by atoms with van der Waals surface area (Å²) in [5.41, 5.74) is 1.34. The predicted molar refractivity (Wildman–Crippen MR) is 73.6 cm³/mol. The lowest BCUT2D eigenvalue weighted by molar-refractivity contribution is 0.687. The van der Waals surface area contributed by atoms with Crippen molar-refractivity contribution < 1.29 is 0 Å². The van der Waals surface area contributed by atoms with Gasteiger partial charge in [0.15, 0.2) is 0 Å². The van der Waals surface area contributed by atoms with Gasteiger partial charge >= 0.3 is 0 Å². The Bertz CT molecular complexity index is 510. The predicted octanol–water partition coefficient (Wildman–Crippen LogP) is 2.64. The average molecular weight is 226 g/mol. The second kappa shape index (κ2) is 4.38. The minimum Gasteiger partial charge on any atom is -0.370 e. The minimum atomic E-state index is 0.626. The summed E-state index contributed by atoms with van der Waals surface area (Å²) in [5, 5.41) is 6.10. The van der Waals surface area contributed by atoms with E-state index in [-0.39, 0.29) is 0 Å². The van der Waals surface area contributed by atoms with Gasteiger partial charge in [0.1, 0.15) is 0 Å². The fourth-order valence-electron chi connectivity index (χ4n) is 2.68. The monoisotopic (exact) mass is 226 g/mol. The molecule has 1 saturated heterocycles. The summed E-state index contributed by atoms with van der Waals surface area (Å²) < 4.78 is 0. The zero-order chi connectivity index (χ0) is 11.7. The number of likely N-dealkylation sites (N-methyl/N-ethyl adjacent to an activating group) is 1. The topological polar surface area (TPSA) is 15.3 Å². The van der Waals surface area contributed by atoms with Crippen LogP contribution in [0.1, 0.15) is 6.42 Å². The number of fused-ring (bicyclic) bond motifs is 1. The standard InChI is InChI=1S/C15H18N2/c1-17(13-9-10-16-11-13)15-8-4-6-12-5-2-3-7-14(12)15/h2-8,13,16H,9-11H2,1H3. The minimum absolute atomic E-state index is 0.626. The van der Waals surface area contributed by atoms with E-state index in [1.54, 1.807) is 0 Å². The first-order chi connectivity index (χ1) is 8.36. The van der Waals surface area contributed by atoms with Gasteiger partial charge in [0.2, 0.25) is 0 Å². The molecule has 0 bridgehead atoms. The van der Waals surface area contributed by atoms with Crippen LogP contribution < -0.4 is 10.2 Å². The van der Waals surface area contributed by atoms with Crippen molar-refractivity contribution in [1.82, 2.24) is 5.32 Å². The van der Waals surface area contributed by atoms with Gasteiger partial charge in [-0.2, -0.15) is 0 Å². The first-order valence-corrected chi connectivity index (χ1v) is 6.27. The Balaban J connectivity index is 2.04. The normalized spacial score (nSPS) is 19.7. The number of nitrogens with zero attached hydrogens (tertiary/aromatic N) is 1. The number of rotatable bonds is 2. The Morgan fingerprint density at radius 2 is 1.94 bits per heavy atom. The molecule has 1 aliphatic heterocycles. The summed E-state index contributed by atoms with van der Waals surface area (Å²) in [4.78, 5) is 2.42. The van der Waals surface area contributed by atoms with Crippen LogP contribution in [0.25, 0.3) is 10.8 Å². The SMILES string of the molecule is CN(c1cccc2ccccc12)C1CCNC1. The van der Waals surface area contributed by atoms with Crippen molar-refractivity contribution >= 4 is 16.5 Å². The molecule has 1 aliphatic rings. The maximum absolute atomic E-state index is 3.43. The summed E-state index contributed by atoms with van der Waals surface area (Å²) in [7, 11) is 2.21. The van der Waals surface area contributed by atoms with Gasteiger partial charge in [-0.15, -0.1) is 0 Å². The zero-order valence-corrected chi connectivity index (χ0v) is 10.2. The van der Waals surface area contributed by atoms with E-state index in [1.165, 1.54) is 22.9 Å². The molecule has 3 rings (SSSR count). The molecule has 1 fully saturated rings. The number of hydrogen-bond acceptors (Lipinski definition) is 2. The summed E-state index contributed by atoms with van der Waals surface area (Å²) in [6.45, 7) is 2.24. The first kappa shape index (κ1) is 10.6. The molecule has 0 aromatic heterocycles. The molecule has 1 N–H and O–H groups in total. The fourth-order valence-corrected chi connectivity index (χ4v) is 2.68. The third-order valence-electron chi connectivity index (χ3n) is 3.73. The molecule has 0 spiro atoms. The third-order valence-corrected chi connectivity index (χ3v) is 3.73. The van der Waals surface area contributed by atoms with E-state index < -0.39 is 0 Å². The van der Waals surface area contributed by atoms with Crippen LogP contribution >= 0.6 is 0 Å². The van der Waals surface area contributed by atoms with Gasteiger partial charge in [-0.3, -0.25) is 0 Å². The van der Waals surface area contributed by atoms with Gasteiger partial charge < -0.3 is 10.2 Å². The third kappa shape index (κ3) is 1.89. The van der Waals surface area contributed by atoms with Crippen molar-refractivity contribution in [2.24, 2.45) is 0 Å². The second-order valence-corrected chi connectivity index (χ2v) is 4.76. The highest BCUT2D eigenvalue weighted by atomic mass is 15.2. The number of benzene rings is 2. The van der Waals surface area contributed by atoms with E-state index in [1.807, 2.05) is 0 Å². The molecule has 88 valence electrons. The summed E-state index contributed by atoms with van der Waals surface area (Å²) >= 11 is 0. The smallest absolute Gasteiger partial charge is 0.0446 e. The van der Waals surface area contributed by atoms with Crippen LogP contribution in [0.2, 0.25) is 0 Å². The lowest BCUT2D eigenvalue weighted by atomic mass is 10.1. The van der Waals surface area contributed by atoms with Crippen LogP contribution in [0, 0.1) is 0 Å². The Morgan fingerprint density at radius 3 is 2.76 bits per heavy atom. The van der Waals surface area contributed by atoms with Crippen LogP contribution in [-0.4, -0.2) is 26.2 Å². The molecule has 1 heterocycles. The Kier molecular flexibility index (Phi) is 2.73. The molecule has 2 aromatic rings. The molecule has 0 amide bonds. The van der Waals surface area contributed by atoms with E-state index in [0.717, 1.165) is 13.1 Å². The van der Waals surface area contributed by atoms with Crippen molar-refractivity contribution in [3.63, 3.8) is 0 Å². The second-order valence-electron chi connectivity index (χ2n) is 4.76. The van der Waals surface area contributed by atoms with Crippen molar-refractivity contribution in [2.75, 3.05) is 25.0 Å². The van der Waals surface area contributed by atoms with Gasteiger partial charge in [-0.1, -0.05) is 36.4 Å². The van der Waals surface area contributed by atoms with Gasteiger partial charge in [-0.25, -0.2) is 0 Å². The van der Waals surface area contributed by atoms with E-state index >= 15 is 0 Å². The summed E-state index contributed by atoms with van der Waals surface area (Å²) in [6, 6.07) is 15.8. The molecule has 2 heteroatoms. The summed E-state index contributed by atoms with van der Waals surface area (Å²) in [6.07, 6.45) is 1.24. The zero-order valence-electron chi connectivity index (χ0n) is 10.2. The van der Waals surface area contributed by atoms with Gasteiger partial charge in [0.05, 0.1) is 0 Å². The van der Waals surface area contributed by atoms with Crippen molar-refractivity contribution in [1.29, 1.82) is 0 Å². The van der Waals surface area contributed by atoms with Crippen LogP contribution in [0.3, 0.4) is 0 Å². The molecule has 2 nitrogen and oxygen atoms in total. The van der Waals surface area contributed by atoms with Gasteiger partial charge in [0, 0.05) is 30.7 Å². The molecular formula is C15H18N2. The Hall–Kier alpha value is -1.54. The Morgan fingerprint density at radius 1 is 1.12 bits per heavy atom. The number of nitrogens with one attached hydrogen (secondary N) is 1. The Labute approximate surface area is 102 Å². The van der Waals surface area contributed by atoms with Crippen molar-refractivity contribution in [3.8, 4) is 0 Å². The van der Waals surface area contributed by atoms with E-state index in [9.17, 15) is 0 Å². The lowest BCUT2D eigenvalue weighted by Gasteiger charge is -2.27. The molecule has 17 heavy (non-hydrogen) atoms. The van der Waals surface area contributed by atoms with E-state index in [0.29, 0.717) is 6.04 Å². The molecule has 0 radical (unpaired) electrons. The number of hydrogen-bond donors (Lipinski definition) is 1. The number of anilines is 1. The van der Waals surface area contributed by atoms with Crippen molar-refractivity contribution in [3.05, 3.63) is 42.5 Å². The molecular weight excluding hydrogens is 208 g/mol. The van der Waals surface area contributed by atoms with Crippen LogP contribution in [0.4, 0.5) is 5.69 Å². The maximum atomic E-state index is 3.43. The highest BCUT2D eigenvalue weighted by Gasteiger charge is 2.20. The average Bonchev–Trinajstić information content (AvgIpc) is 2.91. The molecule has 1 atom stereocenters. The van der Waals surface area contributed by atoms with Crippen LogP contribution in [0.5, 0.6) is 0 Å². The highest BCUT2D eigenvalue weighted by molar-refractivity contribution is 5.94. The van der Waals surface area contributed by atoms with Crippen LogP contribution in [-0.2, 0) is 0 Å². The summed E-state index contributed by atoms with van der Waals surface area (Å²) in [5.74, 6) is 0. The quantitative estimate of drug-likeness (QED) is 0.847. The molecule has 2 aromatic carbocycles. The van der Waals surface area contributed by atoms with E-state index in [2.05, 4.69) is 59.7 Å². The maximum Gasteiger partial charge on any atom is 0.0446 e. The van der Waals surface area contributed by atoms with Gasteiger partial charge in [-0.05, 0) is 24.4 Å². The first-order valence-electron chi connectivity index (χ1n) is 6.27.